The van der Waals surface area contributed by atoms with Gasteiger partial charge in [-0.05, 0) is 128 Å². The molecule has 0 aliphatic rings. The second kappa shape index (κ2) is 16.9. The van der Waals surface area contributed by atoms with Gasteiger partial charge >= 0.3 is 0 Å². The SMILES string of the molecule is C=C/C=C\C(=C/C)n1c2ccc(-c3ccc(-c4cccc5ccccc45)cc3)cc2c2cc(-c3ccccc3-c3ccccc3-c3ccc(-c4nnc(-c5ccccc5)o4)cc3)ccc21. The Morgan fingerprint density at radius 2 is 0.908 bits per heavy atom. The second-order valence-corrected chi connectivity index (χ2v) is 16.2. The molecule has 2 aromatic heterocycles. The Kier molecular flexibility index (Phi) is 10.2. The van der Waals surface area contributed by atoms with Crippen molar-refractivity contribution in [3.05, 3.63) is 237 Å². The van der Waals surface area contributed by atoms with E-state index in [1.807, 2.05) is 42.5 Å². The highest BCUT2D eigenvalue weighted by Gasteiger charge is 2.18. The summed E-state index contributed by atoms with van der Waals surface area (Å²) in [5.41, 5.74) is 16.8. The fourth-order valence-electron chi connectivity index (χ4n) is 9.20. The number of benzene rings is 9. The van der Waals surface area contributed by atoms with Gasteiger partial charge in [-0.15, -0.1) is 10.2 Å². The summed E-state index contributed by atoms with van der Waals surface area (Å²) in [4.78, 5) is 0. The molecule has 0 fully saturated rings. The Hall–Kier alpha value is -8.60. The number of nitrogens with zero attached hydrogens (tertiary/aromatic N) is 3. The minimum absolute atomic E-state index is 0.492. The van der Waals surface area contributed by atoms with Crippen molar-refractivity contribution in [2.45, 2.75) is 6.92 Å². The quantitative estimate of drug-likeness (QED) is 0.129. The molecular weight excluding hydrogens is 791 g/mol. The first-order valence-corrected chi connectivity index (χ1v) is 22.0. The van der Waals surface area contributed by atoms with Gasteiger partial charge in [-0.25, -0.2) is 0 Å². The van der Waals surface area contributed by atoms with Crippen LogP contribution in [0.1, 0.15) is 6.92 Å². The normalized spacial score (nSPS) is 11.9. The molecule has 0 saturated heterocycles. The van der Waals surface area contributed by atoms with Crippen molar-refractivity contribution in [3.8, 4) is 78.5 Å². The molecule has 4 nitrogen and oxygen atoms in total. The summed E-state index contributed by atoms with van der Waals surface area (Å²) in [5, 5.41) is 13.6. The molecule has 0 aliphatic heterocycles. The van der Waals surface area contributed by atoms with Crippen molar-refractivity contribution >= 4 is 38.3 Å². The molecule has 0 saturated carbocycles. The summed E-state index contributed by atoms with van der Waals surface area (Å²) >= 11 is 0. The maximum atomic E-state index is 6.08. The van der Waals surface area contributed by atoms with Gasteiger partial charge in [0.05, 0.1) is 11.0 Å². The Balaban J connectivity index is 0.989. The molecule has 0 atom stereocenters. The minimum atomic E-state index is 0.492. The predicted molar refractivity (Wildman–Crippen MR) is 272 cm³/mol. The lowest BCUT2D eigenvalue weighted by Crippen LogP contribution is -1.94. The van der Waals surface area contributed by atoms with Crippen molar-refractivity contribution < 1.29 is 4.42 Å². The van der Waals surface area contributed by atoms with Gasteiger partial charge in [-0.2, -0.15) is 0 Å². The third-order valence-corrected chi connectivity index (χ3v) is 12.4. The third kappa shape index (κ3) is 7.27. The zero-order valence-corrected chi connectivity index (χ0v) is 35.9. The average molecular weight is 834 g/mol. The van der Waals surface area contributed by atoms with Crippen LogP contribution in [0.15, 0.2) is 242 Å². The highest BCUT2D eigenvalue weighted by molar-refractivity contribution is 6.13. The maximum Gasteiger partial charge on any atom is 0.248 e. The first-order valence-electron chi connectivity index (χ1n) is 22.0. The molecule has 0 spiro atoms. The van der Waals surface area contributed by atoms with Gasteiger partial charge in [-0.3, -0.25) is 0 Å². The fraction of sp³-hybridized carbons (Fsp3) is 0.0164. The summed E-state index contributed by atoms with van der Waals surface area (Å²) in [6.45, 7) is 6.05. The van der Waals surface area contributed by atoms with Crippen LogP contribution in [0.25, 0.3) is 117 Å². The van der Waals surface area contributed by atoms with Crippen LogP contribution in [-0.2, 0) is 0 Å². The topological polar surface area (TPSA) is 43.9 Å². The lowest BCUT2D eigenvalue weighted by molar-refractivity contribution is 0.584. The van der Waals surface area contributed by atoms with Crippen molar-refractivity contribution in [1.29, 1.82) is 0 Å². The molecule has 0 bridgehead atoms. The van der Waals surface area contributed by atoms with E-state index in [2.05, 4.69) is 216 Å². The van der Waals surface area contributed by atoms with Gasteiger partial charge in [-0.1, -0.05) is 183 Å². The summed E-state index contributed by atoms with van der Waals surface area (Å²) in [7, 11) is 0. The van der Waals surface area contributed by atoms with E-state index in [1.165, 1.54) is 43.8 Å². The van der Waals surface area contributed by atoms with Crippen LogP contribution in [0.4, 0.5) is 0 Å². The third-order valence-electron chi connectivity index (χ3n) is 12.4. The number of aromatic nitrogens is 3. The van der Waals surface area contributed by atoms with Crippen LogP contribution in [0, 0.1) is 0 Å². The number of rotatable bonds is 10. The standard InChI is InChI=1S/C61H43N3O/c1-3-5-20-49(4-2)64-58-37-35-47(41-27-29-43(30-28-41)51-26-15-19-42-16-9-10-21-50(42)51)39-56(58)57-40-48(36-38-59(57)64)53-23-12-14-25-55(53)54-24-13-11-22-52(54)44-31-33-46(34-32-44)61-63-62-60(65-61)45-17-7-6-8-18-45/h3-40H,1H2,2H3/b20-5-,49-4+. The number of fused-ring (bicyclic) bond motifs is 4. The highest BCUT2D eigenvalue weighted by atomic mass is 16.4. The Morgan fingerprint density at radius 1 is 0.431 bits per heavy atom. The molecule has 0 amide bonds. The monoisotopic (exact) mass is 833 g/mol. The predicted octanol–water partition coefficient (Wildman–Crippen LogP) is 16.6. The molecule has 65 heavy (non-hydrogen) atoms. The van der Waals surface area contributed by atoms with Crippen LogP contribution < -0.4 is 0 Å². The van der Waals surface area contributed by atoms with Gasteiger partial charge in [0, 0.05) is 27.6 Å². The van der Waals surface area contributed by atoms with E-state index in [0.29, 0.717) is 11.8 Å². The molecule has 0 N–H and O–H groups in total. The molecule has 0 radical (unpaired) electrons. The van der Waals surface area contributed by atoms with Crippen molar-refractivity contribution in [2.75, 3.05) is 0 Å². The number of hydrogen-bond donors (Lipinski definition) is 0. The number of allylic oxidation sites excluding steroid dienone is 5. The number of hydrogen-bond acceptors (Lipinski definition) is 3. The largest absolute Gasteiger partial charge is 0.416 e. The fourth-order valence-corrected chi connectivity index (χ4v) is 9.20. The van der Waals surface area contributed by atoms with E-state index in [-0.39, 0.29) is 0 Å². The van der Waals surface area contributed by atoms with E-state index >= 15 is 0 Å². The first-order chi connectivity index (χ1) is 32.1. The molecule has 2 heterocycles. The Labute approximate surface area is 378 Å². The van der Waals surface area contributed by atoms with E-state index in [4.69, 9.17) is 4.42 Å². The van der Waals surface area contributed by atoms with E-state index in [0.717, 1.165) is 61.2 Å². The smallest absolute Gasteiger partial charge is 0.248 e. The van der Waals surface area contributed by atoms with Crippen molar-refractivity contribution in [1.82, 2.24) is 14.8 Å². The average Bonchev–Trinajstić information content (AvgIpc) is 4.00. The maximum absolute atomic E-state index is 6.08. The van der Waals surface area contributed by atoms with E-state index in [1.54, 1.807) is 0 Å². The van der Waals surface area contributed by atoms with Crippen LogP contribution in [-0.4, -0.2) is 14.8 Å². The van der Waals surface area contributed by atoms with Crippen LogP contribution >= 0.6 is 0 Å². The van der Waals surface area contributed by atoms with Crippen molar-refractivity contribution in [2.24, 2.45) is 0 Å². The summed E-state index contributed by atoms with van der Waals surface area (Å²) in [6.07, 6.45) is 8.12. The Bertz CT molecular complexity index is 3600. The van der Waals surface area contributed by atoms with Gasteiger partial charge in [0.1, 0.15) is 0 Å². The van der Waals surface area contributed by atoms with Gasteiger partial charge in [0.2, 0.25) is 11.8 Å². The Morgan fingerprint density at radius 3 is 1.57 bits per heavy atom. The molecule has 0 unspecified atom stereocenters. The highest BCUT2D eigenvalue weighted by Crippen LogP contribution is 2.42. The van der Waals surface area contributed by atoms with Gasteiger partial charge in [0.25, 0.3) is 0 Å². The lowest BCUT2D eigenvalue weighted by Gasteiger charge is -2.15. The van der Waals surface area contributed by atoms with Crippen LogP contribution in [0.5, 0.6) is 0 Å². The molecular formula is C61H43N3O. The van der Waals surface area contributed by atoms with E-state index < -0.39 is 0 Å². The molecule has 308 valence electrons. The molecule has 11 aromatic rings. The van der Waals surface area contributed by atoms with Crippen LogP contribution in [0.2, 0.25) is 0 Å². The van der Waals surface area contributed by atoms with Crippen LogP contribution in [0.3, 0.4) is 0 Å². The lowest BCUT2D eigenvalue weighted by atomic mass is 9.89. The molecule has 0 aliphatic carbocycles. The van der Waals surface area contributed by atoms with Gasteiger partial charge in [0.15, 0.2) is 0 Å². The van der Waals surface area contributed by atoms with Gasteiger partial charge < -0.3 is 8.98 Å². The van der Waals surface area contributed by atoms with E-state index in [9.17, 15) is 0 Å². The minimum Gasteiger partial charge on any atom is -0.416 e. The van der Waals surface area contributed by atoms with Crippen molar-refractivity contribution in [3.63, 3.8) is 0 Å². The first kappa shape index (κ1) is 39.3. The zero-order chi connectivity index (χ0) is 43.7. The molecule has 4 heteroatoms. The molecule has 9 aromatic carbocycles. The molecule has 11 rings (SSSR count). The summed E-state index contributed by atoms with van der Waals surface area (Å²) < 4.78 is 8.45. The zero-order valence-electron chi connectivity index (χ0n) is 35.9. The summed E-state index contributed by atoms with van der Waals surface area (Å²) in [5.74, 6) is 0.996. The second-order valence-electron chi connectivity index (χ2n) is 16.2. The summed E-state index contributed by atoms with van der Waals surface area (Å²) in [6, 6.07) is 73.5.